The molecule has 0 unspecified atom stereocenters. The molecule has 1 aromatic carbocycles. The van der Waals surface area contributed by atoms with Crippen molar-refractivity contribution in [2.45, 2.75) is 13.2 Å². The Labute approximate surface area is 106 Å². The van der Waals surface area contributed by atoms with Crippen molar-refractivity contribution < 1.29 is 13.5 Å². The Hall–Kier alpha value is -1.33. The summed E-state index contributed by atoms with van der Waals surface area (Å²) in [5, 5.41) is 0. The smallest absolute Gasteiger partial charge is 0.146 e. The van der Waals surface area contributed by atoms with Gasteiger partial charge in [-0.25, -0.2) is 4.39 Å². The molecule has 5 heteroatoms. The van der Waals surface area contributed by atoms with Crippen LogP contribution >= 0.6 is 15.9 Å². The SMILES string of the molecule is NCc1ccc(COc2ccc(F)c(Br)c2)o1. The molecule has 1 aromatic heterocycles. The number of benzene rings is 1. The third-order valence-corrected chi connectivity index (χ3v) is 2.80. The van der Waals surface area contributed by atoms with Gasteiger partial charge >= 0.3 is 0 Å². The number of ether oxygens (including phenoxy) is 1. The highest BCUT2D eigenvalue weighted by molar-refractivity contribution is 9.10. The maximum Gasteiger partial charge on any atom is 0.146 e. The van der Waals surface area contributed by atoms with Crippen molar-refractivity contribution in [3.05, 3.63) is 52.1 Å². The van der Waals surface area contributed by atoms with Crippen molar-refractivity contribution in [2.24, 2.45) is 5.73 Å². The molecule has 2 N–H and O–H groups in total. The summed E-state index contributed by atoms with van der Waals surface area (Å²) in [6, 6.07) is 8.09. The van der Waals surface area contributed by atoms with Crippen LogP contribution in [-0.2, 0) is 13.2 Å². The number of halogens is 2. The van der Waals surface area contributed by atoms with Gasteiger partial charge in [-0.3, -0.25) is 0 Å². The monoisotopic (exact) mass is 299 g/mol. The Bertz CT molecular complexity index is 513. The van der Waals surface area contributed by atoms with Crippen LogP contribution in [0.25, 0.3) is 0 Å². The van der Waals surface area contributed by atoms with E-state index in [0.717, 1.165) is 0 Å². The summed E-state index contributed by atoms with van der Waals surface area (Å²) < 4.78 is 24.2. The Kier molecular flexibility index (Phi) is 3.81. The van der Waals surface area contributed by atoms with Crippen LogP contribution in [0.15, 0.2) is 39.2 Å². The third-order valence-electron chi connectivity index (χ3n) is 2.19. The van der Waals surface area contributed by atoms with E-state index in [-0.39, 0.29) is 12.4 Å². The van der Waals surface area contributed by atoms with E-state index in [1.165, 1.54) is 6.07 Å². The summed E-state index contributed by atoms with van der Waals surface area (Å²) in [6.45, 7) is 0.653. The number of furan rings is 1. The molecule has 0 saturated carbocycles. The van der Waals surface area contributed by atoms with Crippen LogP contribution in [-0.4, -0.2) is 0 Å². The first-order chi connectivity index (χ1) is 8.19. The first-order valence-electron chi connectivity index (χ1n) is 5.04. The van der Waals surface area contributed by atoms with Crippen molar-refractivity contribution in [3.8, 4) is 5.75 Å². The van der Waals surface area contributed by atoms with Gasteiger partial charge in [0.15, 0.2) is 0 Å². The lowest BCUT2D eigenvalue weighted by Crippen LogP contribution is -1.95. The summed E-state index contributed by atoms with van der Waals surface area (Å²) in [6.07, 6.45) is 0. The van der Waals surface area contributed by atoms with Crippen molar-refractivity contribution in [2.75, 3.05) is 0 Å². The van der Waals surface area contributed by atoms with E-state index in [4.69, 9.17) is 14.9 Å². The molecular weight excluding hydrogens is 289 g/mol. The maximum atomic E-state index is 13.0. The maximum absolute atomic E-state index is 13.0. The van der Waals surface area contributed by atoms with Crippen LogP contribution in [0.2, 0.25) is 0 Å². The molecule has 0 bridgehead atoms. The summed E-state index contributed by atoms with van der Waals surface area (Å²) in [5.74, 6) is 1.65. The topological polar surface area (TPSA) is 48.4 Å². The summed E-state index contributed by atoms with van der Waals surface area (Å²) >= 11 is 3.09. The minimum Gasteiger partial charge on any atom is -0.486 e. The quantitative estimate of drug-likeness (QED) is 0.943. The molecule has 90 valence electrons. The van der Waals surface area contributed by atoms with E-state index in [0.29, 0.717) is 28.3 Å². The van der Waals surface area contributed by atoms with E-state index >= 15 is 0 Å². The van der Waals surface area contributed by atoms with Crippen LogP contribution in [0.3, 0.4) is 0 Å². The zero-order valence-electron chi connectivity index (χ0n) is 8.95. The normalized spacial score (nSPS) is 10.5. The van der Waals surface area contributed by atoms with Gasteiger partial charge in [-0.05, 0) is 46.3 Å². The summed E-state index contributed by atoms with van der Waals surface area (Å²) in [4.78, 5) is 0. The molecule has 0 aliphatic carbocycles. The Morgan fingerprint density at radius 3 is 2.65 bits per heavy atom. The highest BCUT2D eigenvalue weighted by Gasteiger charge is 2.04. The van der Waals surface area contributed by atoms with E-state index in [1.54, 1.807) is 24.3 Å². The second-order valence-corrected chi connectivity index (χ2v) is 4.29. The van der Waals surface area contributed by atoms with Crippen LogP contribution in [0.4, 0.5) is 4.39 Å². The number of hydrogen-bond acceptors (Lipinski definition) is 3. The molecule has 0 fully saturated rings. The molecule has 0 saturated heterocycles. The number of nitrogens with two attached hydrogens (primary N) is 1. The molecule has 3 nitrogen and oxygen atoms in total. The molecule has 2 aromatic rings. The Morgan fingerprint density at radius 1 is 1.24 bits per heavy atom. The van der Waals surface area contributed by atoms with Gasteiger partial charge < -0.3 is 14.9 Å². The summed E-state index contributed by atoms with van der Waals surface area (Å²) in [5.41, 5.74) is 5.42. The van der Waals surface area contributed by atoms with Crippen LogP contribution < -0.4 is 10.5 Å². The lowest BCUT2D eigenvalue weighted by Gasteiger charge is -2.04. The first kappa shape index (κ1) is 12.1. The molecule has 0 aliphatic rings. The lowest BCUT2D eigenvalue weighted by molar-refractivity contribution is 0.265. The summed E-state index contributed by atoms with van der Waals surface area (Å²) in [7, 11) is 0. The number of rotatable bonds is 4. The van der Waals surface area contributed by atoms with Crippen LogP contribution in [0, 0.1) is 5.82 Å². The van der Waals surface area contributed by atoms with E-state index in [1.807, 2.05) is 0 Å². The van der Waals surface area contributed by atoms with E-state index in [9.17, 15) is 4.39 Å². The largest absolute Gasteiger partial charge is 0.486 e. The molecular formula is C12H11BrFNO2. The van der Waals surface area contributed by atoms with Gasteiger partial charge in [0.25, 0.3) is 0 Å². The zero-order chi connectivity index (χ0) is 12.3. The van der Waals surface area contributed by atoms with Crippen LogP contribution in [0.5, 0.6) is 5.75 Å². The Morgan fingerprint density at radius 2 is 2.00 bits per heavy atom. The van der Waals surface area contributed by atoms with Gasteiger partial charge in [-0.15, -0.1) is 0 Å². The highest BCUT2D eigenvalue weighted by atomic mass is 79.9. The van der Waals surface area contributed by atoms with Crippen molar-refractivity contribution in [1.82, 2.24) is 0 Å². The third kappa shape index (κ3) is 3.08. The molecule has 1 heterocycles. The predicted molar refractivity (Wildman–Crippen MR) is 65.0 cm³/mol. The molecule has 0 spiro atoms. The molecule has 0 aliphatic heterocycles. The fourth-order valence-electron chi connectivity index (χ4n) is 1.33. The molecule has 17 heavy (non-hydrogen) atoms. The standard InChI is InChI=1S/C12H11BrFNO2/c13-11-5-8(3-4-12(11)14)16-7-10-2-1-9(6-15)17-10/h1-5H,6-7,15H2. The lowest BCUT2D eigenvalue weighted by atomic mass is 10.3. The number of hydrogen-bond donors (Lipinski definition) is 1. The second kappa shape index (κ2) is 5.33. The minimum absolute atomic E-state index is 0.290. The fourth-order valence-corrected chi connectivity index (χ4v) is 1.69. The van der Waals surface area contributed by atoms with E-state index < -0.39 is 0 Å². The fraction of sp³-hybridized carbons (Fsp3) is 0.167. The molecule has 0 atom stereocenters. The van der Waals surface area contributed by atoms with Gasteiger partial charge in [-0.2, -0.15) is 0 Å². The average molecular weight is 300 g/mol. The second-order valence-electron chi connectivity index (χ2n) is 3.44. The van der Waals surface area contributed by atoms with E-state index in [2.05, 4.69) is 15.9 Å². The van der Waals surface area contributed by atoms with Crippen molar-refractivity contribution in [1.29, 1.82) is 0 Å². The van der Waals surface area contributed by atoms with Gasteiger partial charge in [0.2, 0.25) is 0 Å². The van der Waals surface area contributed by atoms with Crippen molar-refractivity contribution >= 4 is 15.9 Å². The highest BCUT2D eigenvalue weighted by Crippen LogP contribution is 2.22. The van der Waals surface area contributed by atoms with Gasteiger partial charge in [0.1, 0.15) is 29.7 Å². The van der Waals surface area contributed by atoms with Gasteiger partial charge in [0.05, 0.1) is 11.0 Å². The minimum atomic E-state index is -0.319. The average Bonchev–Trinajstić information content (AvgIpc) is 2.79. The molecule has 2 rings (SSSR count). The molecule has 0 radical (unpaired) electrons. The van der Waals surface area contributed by atoms with Gasteiger partial charge in [-0.1, -0.05) is 0 Å². The zero-order valence-corrected chi connectivity index (χ0v) is 10.5. The van der Waals surface area contributed by atoms with Gasteiger partial charge in [0, 0.05) is 0 Å². The van der Waals surface area contributed by atoms with Crippen molar-refractivity contribution in [3.63, 3.8) is 0 Å². The Balaban J connectivity index is 1.99. The first-order valence-corrected chi connectivity index (χ1v) is 5.84. The molecule has 0 amide bonds. The predicted octanol–water partition coefficient (Wildman–Crippen LogP) is 3.22. The van der Waals surface area contributed by atoms with Crippen LogP contribution in [0.1, 0.15) is 11.5 Å².